The van der Waals surface area contributed by atoms with Gasteiger partial charge in [0.2, 0.25) is 6.41 Å². The molecule has 1 aromatic rings. The number of benzene rings is 1. The van der Waals surface area contributed by atoms with Gasteiger partial charge in [-0.15, -0.1) is 0 Å². The van der Waals surface area contributed by atoms with Crippen molar-refractivity contribution in [1.82, 2.24) is 9.62 Å². The van der Waals surface area contributed by atoms with E-state index >= 15 is 0 Å². The molecule has 1 heterocycles. The van der Waals surface area contributed by atoms with Gasteiger partial charge in [-0.05, 0) is 18.2 Å². The van der Waals surface area contributed by atoms with Gasteiger partial charge in [-0.2, -0.15) is 13.1 Å². The molecular weight excluding hydrogens is 320 g/mol. The summed E-state index contributed by atoms with van der Waals surface area (Å²) in [6.45, 7) is 4.70. The van der Waals surface area contributed by atoms with Gasteiger partial charge >= 0.3 is 0 Å². The highest BCUT2D eigenvalue weighted by Gasteiger charge is 2.18. The molecule has 0 saturated carbocycles. The van der Waals surface area contributed by atoms with Crippen LogP contribution in [0.4, 0.5) is 11.4 Å². The molecule has 0 atom stereocenters. The van der Waals surface area contributed by atoms with Crippen molar-refractivity contribution >= 4 is 28.0 Å². The summed E-state index contributed by atoms with van der Waals surface area (Å²) in [6.07, 6.45) is 0.849. The van der Waals surface area contributed by atoms with Gasteiger partial charge in [-0.25, -0.2) is 0 Å². The third kappa shape index (κ3) is 4.49. The second-order valence-corrected chi connectivity index (χ2v) is 6.62. The number of carbonyl (C=O) groups excluding carboxylic acids is 1. The minimum Gasteiger partial charge on any atom is -0.495 e. The zero-order chi connectivity index (χ0) is 16.9. The number of amides is 1. The standard InChI is InChI=1S/C14H22N4O4S/c1-3-15-23(20,21)16-13-10-12(4-5-14(13)22-2)18-8-6-17(11-19)7-9-18/h4-5,10-11,15-16H,3,6-9H2,1-2H3. The zero-order valence-electron chi connectivity index (χ0n) is 13.3. The van der Waals surface area contributed by atoms with Gasteiger partial charge in [0, 0.05) is 38.4 Å². The summed E-state index contributed by atoms with van der Waals surface area (Å²) in [5.74, 6) is 0.446. The fourth-order valence-corrected chi connectivity index (χ4v) is 3.33. The minimum absolute atomic E-state index is 0.297. The molecule has 1 amide bonds. The minimum atomic E-state index is -3.63. The Balaban J connectivity index is 2.20. The molecule has 9 heteroatoms. The van der Waals surface area contributed by atoms with E-state index in [1.54, 1.807) is 24.0 Å². The largest absolute Gasteiger partial charge is 0.495 e. The highest BCUT2D eigenvalue weighted by molar-refractivity contribution is 7.90. The summed E-state index contributed by atoms with van der Waals surface area (Å²) in [4.78, 5) is 14.6. The maximum absolute atomic E-state index is 11.9. The quantitative estimate of drug-likeness (QED) is 0.693. The van der Waals surface area contributed by atoms with E-state index in [9.17, 15) is 13.2 Å². The van der Waals surface area contributed by atoms with Crippen LogP contribution in [-0.2, 0) is 15.0 Å². The van der Waals surface area contributed by atoms with Crippen molar-refractivity contribution in [2.75, 3.05) is 49.5 Å². The fraction of sp³-hybridized carbons (Fsp3) is 0.500. The van der Waals surface area contributed by atoms with E-state index < -0.39 is 10.2 Å². The van der Waals surface area contributed by atoms with E-state index in [2.05, 4.69) is 14.3 Å². The van der Waals surface area contributed by atoms with Crippen molar-refractivity contribution in [3.05, 3.63) is 18.2 Å². The number of rotatable bonds is 7. The second-order valence-electron chi connectivity index (χ2n) is 5.12. The summed E-state index contributed by atoms with van der Waals surface area (Å²) in [5, 5.41) is 0. The van der Waals surface area contributed by atoms with E-state index in [1.807, 2.05) is 6.07 Å². The van der Waals surface area contributed by atoms with E-state index in [4.69, 9.17) is 4.74 Å². The first-order valence-electron chi connectivity index (χ1n) is 7.39. The van der Waals surface area contributed by atoms with Crippen LogP contribution < -0.4 is 19.1 Å². The number of methoxy groups -OCH3 is 1. The van der Waals surface area contributed by atoms with Crippen molar-refractivity contribution in [2.45, 2.75) is 6.92 Å². The second kappa shape index (κ2) is 7.51. The molecular formula is C14H22N4O4S. The van der Waals surface area contributed by atoms with Gasteiger partial charge in [-0.3, -0.25) is 9.52 Å². The summed E-state index contributed by atoms with van der Waals surface area (Å²) >= 11 is 0. The highest BCUT2D eigenvalue weighted by atomic mass is 32.2. The van der Waals surface area contributed by atoms with Gasteiger partial charge in [0.05, 0.1) is 12.8 Å². The summed E-state index contributed by atoms with van der Waals surface area (Å²) in [5.41, 5.74) is 1.26. The molecule has 1 aliphatic heterocycles. The fourth-order valence-electron chi connectivity index (χ4n) is 2.43. The van der Waals surface area contributed by atoms with Crippen LogP contribution in [0.25, 0.3) is 0 Å². The normalized spacial score (nSPS) is 15.4. The predicted molar refractivity (Wildman–Crippen MR) is 89.1 cm³/mol. The van der Waals surface area contributed by atoms with Crippen LogP contribution in [0.3, 0.4) is 0 Å². The van der Waals surface area contributed by atoms with Crippen molar-refractivity contribution in [1.29, 1.82) is 0 Å². The molecule has 23 heavy (non-hydrogen) atoms. The first kappa shape index (κ1) is 17.4. The number of ether oxygens (including phenoxy) is 1. The molecule has 0 radical (unpaired) electrons. The van der Waals surface area contributed by atoms with Gasteiger partial charge in [0.1, 0.15) is 5.75 Å². The van der Waals surface area contributed by atoms with Crippen molar-refractivity contribution in [3.63, 3.8) is 0 Å². The molecule has 1 aromatic carbocycles. The monoisotopic (exact) mass is 342 g/mol. The Morgan fingerprint density at radius 2 is 1.96 bits per heavy atom. The van der Waals surface area contributed by atoms with E-state index in [0.717, 1.165) is 12.1 Å². The lowest BCUT2D eigenvalue weighted by Gasteiger charge is -2.34. The number of piperazine rings is 1. The van der Waals surface area contributed by atoms with Crippen LogP contribution in [0, 0.1) is 0 Å². The molecule has 1 fully saturated rings. The molecule has 0 aliphatic carbocycles. The number of carbonyl (C=O) groups is 1. The number of hydrogen-bond acceptors (Lipinski definition) is 5. The molecule has 2 rings (SSSR count). The summed E-state index contributed by atoms with van der Waals surface area (Å²) in [6, 6.07) is 5.34. The van der Waals surface area contributed by atoms with Crippen LogP contribution in [-0.4, -0.2) is 59.6 Å². The molecule has 0 bridgehead atoms. The summed E-state index contributed by atoms with van der Waals surface area (Å²) in [7, 11) is -2.14. The average molecular weight is 342 g/mol. The Bertz CT molecular complexity index is 642. The van der Waals surface area contributed by atoms with Crippen LogP contribution in [0.5, 0.6) is 5.75 Å². The van der Waals surface area contributed by atoms with Crippen LogP contribution >= 0.6 is 0 Å². The Morgan fingerprint density at radius 1 is 1.26 bits per heavy atom. The molecule has 1 aliphatic rings. The maximum Gasteiger partial charge on any atom is 0.299 e. The third-order valence-corrected chi connectivity index (χ3v) is 4.75. The first-order chi connectivity index (χ1) is 11.0. The topological polar surface area (TPSA) is 91.0 Å². The molecule has 8 nitrogen and oxygen atoms in total. The molecule has 128 valence electrons. The number of anilines is 2. The van der Waals surface area contributed by atoms with Crippen LogP contribution in [0.1, 0.15) is 6.92 Å². The lowest BCUT2D eigenvalue weighted by Crippen LogP contribution is -2.45. The van der Waals surface area contributed by atoms with Crippen molar-refractivity contribution in [3.8, 4) is 5.75 Å². The van der Waals surface area contributed by atoms with Crippen molar-refractivity contribution in [2.24, 2.45) is 0 Å². The van der Waals surface area contributed by atoms with E-state index in [0.29, 0.717) is 44.2 Å². The van der Waals surface area contributed by atoms with Gasteiger partial charge < -0.3 is 14.5 Å². The maximum atomic E-state index is 11.9. The zero-order valence-corrected chi connectivity index (χ0v) is 14.1. The molecule has 1 saturated heterocycles. The van der Waals surface area contributed by atoms with E-state index in [1.165, 1.54) is 7.11 Å². The molecule has 0 unspecified atom stereocenters. The Morgan fingerprint density at radius 3 is 2.52 bits per heavy atom. The molecule has 2 N–H and O–H groups in total. The van der Waals surface area contributed by atoms with Crippen LogP contribution in [0.15, 0.2) is 18.2 Å². The number of nitrogens with one attached hydrogen (secondary N) is 2. The lowest BCUT2D eigenvalue weighted by molar-refractivity contribution is -0.118. The SMILES string of the molecule is CCNS(=O)(=O)Nc1cc(N2CCN(C=O)CC2)ccc1OC. The lowest BCUT2D eigenvalue weighted by atomic mass is 10.2. The van der Waals surface area contributed by atoms with Crippen LogP contribution in [0.2, 0.25) is 0 Å². The summed E-state index contributed by atoms with van der Waals surface area (Å²) < 4.78 is 33.9. The van der Waals surface area contributed by atoms with Gasteiger partial charge in [0.15, 0.2) is 0 Å². The van der Waals surface area contributed by atoms with Crippen molar-refractivity contribution < 1.29 is 17.9 Å². The van der Waals surface area contributed by atoms with E-state index in [-0.39, 0.29) is 0 Å². The number of hydrogen-bond donors (Lipinski definition) is 2. The first-order valence-corrected chi connectivity index (χ1v) is 8.87. The molecule has 0 aromatic heterocycles. The Labute approximate surface area is 136 Å². The number of nitrogens with zero attached hydrogens (tertiary/aromatic N) is 2. The average Bonchev–Trinajstić information content (AvgIpc) is 2.54. The highest BCUT2D eigenvalue weighted by Crippen LogP contribution is 2.30. The molecule has 0 spiro atoms. The van der Waals surface area contributed by atoms with Gasteiger partial charge in [-0.1, -0.05) is 6.92 Å². The smallest absolute Gasteiger partial charge is 0.299 e. The third-order valence-electron chi connectivity index (χ3n) is 3.59. The Hall–Kier alpha value is -2.00. The predicted octanol–water partition coefficient (Wildman–Crippen LogP) is 0.240. The Kier molecular flexibility index (Phi) is 5.67. The van der Waals surface area contributed by atoms with Gasteiger partial charge in [0.25, 0.3) is 10.2 Å².